The average Bonchev–Trinajstić information content (AvgIpc) is 3.46. The number of nitrogens with one attached hydrogen (secondary N) is 1. The van der Waals surface area contributed by atoms with Crippen molar-refractivity contribution in [2.24, 2.45) is 16.0 Å². The van der Waals surface area contributed by atoms with Crippen LogP contribution in [-0.4, -0.2) is 31.5 Å². The summed E-state index contributed by atoms with van der Waals surface area (Å²) in [6.45, 7) is 0.565. The molecule has 8 heteroatoms. The number of halogens is 1. The summed E-state index contributed by atoms with van der Waals surface area (Å²) in [5, 5.41) is 17.4. The summed E-state index contributed by atoms with van der Waals surface area (Å²) in [5.41, 5.74) is 3.03. The number of para-hydroxylation sites is 1. The molecule has 3 aromatic rings. The van der Waals surface area contributed by atoms with Crippen molar-refractivity contribution < 1.29 is 9.18 Å². The molecule has 0 radical (unpaired) electrons. The van der Waals surface area contributed by atoms with Crippen LogP contribution >= 0.6 is 11.8 Å². The van der Waals surface area contributed by atoms with Gasteiger partial charge >= 0.3 is 0 Å². The van der Waals surface area contributed by atoms with E-state index in [9.17, 15) is 9.18 Å². The van der Waals surface area contributed by atoms with Gasteiger partial charge in [0.15, 0.2) is 5.84 Å². The van der Waals surface area contributed by atoms with Gasteiger partial charge in [-0.15, -0.1) is 0 Å². The van der Waals surface area contributed by atoms with Crippen LogP contribution in [0.3, 0.4) is 0 Å². The van der Waals surface area contributed by atoms with E-state index in [0.717, 1.165) is 39.9 Å². The van der Waals surface area contributed by atoms with Gasteiger partial charge in [0, 0.05) is 35.1 Å². The Morgan fingerprint density at radius 1 is 1.09 bits per heavy atom. The Morgan fingerprint density at radius 3 is 2.66 bits per heavy atom. The molecule has 6 nitrogen and oxygen atoms in total. The van der Waals surface area contributed by atoms with E-state index in [4.69, 9.17) is 10.5 Å². The van der Waals surface area contributed by atoms with Crippen molar-refractivity contribution in [2.75, 3.05) is 0 Å². The molecule has 0 bridgehead atoms. The minimum atomic E-state index is -0.413. The van der Waals surface area contributed by atoms with Gasteiger partial charge in [0.25, 0.3) is 5.91 Å². The largest absolute Gasteiger partial charge is 0.342 e. The van der Waals surface area contributed by atoms with E-state index in [0.29, 0.717) is 17.6 Å². The molecule has 3 aliphatic rings. The third kappa shape index (κ3) is 4.12. The highest BCUT2D eigenvalue weighted by Crippen LogP contribution is 2.36. The molecule has 35 heavy (non-hydrogen) atoms. The number of hydrogen-bond donors (Lipinski definition) is 1. The second-order valence-corrected chi connectivity index (χ2v) is 10.1. The van der Waals surface area contributed by atoms with Crippen LogP contribution in [0.1, 0.15) is 43.2 Å². The van der Waals surface area contributed by atoms with Gasteiger partial charge in [-0.3, -0.25) is 10.2 Å². The number of amides is 1. The number of hydrazone groups is 1. The Hall–Kier alpha value is -3.52. The quantitative estimate of drug-likeness (QED) is 0.459. The van der Waals surface area contributed by atoms with E-state index in [-0.39, 0.29) is 17.2 Å². The molecule has 1 fully saturated rings. The number of benzene rings is 2. The van der Waals surface area contributed by atoms with Crippen molar-refractivity contribution in [3.8, 4) is 0 Å². The van der Waals surface area contributed by atoms with E-state index in [1.165, 1.54) is 48.2 Å². The fraction of sp³-hybridized carbons (Fsp3) is 0.259. The van der Waals surface area contributed by atoms with Gasteiger partial charge in [-0.1, -0.05) is 49.6 Å². The van der Waals surface area contributed by atoms with Gasteiger partial charge in [0.1, 0.15) is 10.9 Å². The molecule has 1 aromatic heterocycles. The minimum Gasteiger partial charge on any atom is -0.342 e. The van der Waals surface area contributed by atoms with Gasteiger partial charge in [-0.05, 0) is 54.4 Å². The number of thioether (sulfide) groups is 1. The molecule has 0 spiro atoms. The number of rotatable bonds is 4. The number of carbonyl (C=O) groups excluding carboxylic acids is 1. The molecule has 2 aliphatic heterocycles. The van der Waals surface area contributed by atoms with Crippen molar-refractivity contribution in [1.82, 2.24) is 9.58 Å². The zero-order valence-corrected chi connectivity index (χ0v) is 19.9. The highest BCUT2D eigenvalue weighted by atomic mass is 32.2. The number of hydrogen-bond acceptors (Lipinski definition) is 4. The first kappa shape index (κ1) is 22.0. The zero-order chi connectivity index (χ0) is 23.9. The number of nitrogens with zero attached hydrogens (tertiary/aromatic N) is 4. The molecule has 1 saturated carbocycles. The fourth-order valence-electron chi connectivity index (χ4n) is 4.98. The van der Waals surface area contributed by atoms with Crippen LogP contribution in [0, 0.1) is 17.1 Å². The Bertz CT molecular complexity index is 1430. The van der Waals surface area contributed by atoms with E-state index >= 15 is 0 Å². The standard InChI is InChI=1S/C27H24FN5OS/c28-20-12-10-17(11-13-20)15-32-16-19(21-8-4-5-9-23(21)32)14-22-24(29)33-27(30-25(22)34)35-26(31-33)18-6-2-1-3-7-18/h4-5,8-14,16,18,29H,1-3,6-7,15H2. The van der Waals surface area contributed by atoms with Gasteiger partial charge in [0.05, 0.1) is 5.57 Å². The van der Waals surface area contributed by atoms with E-state index in [2.05, 4.69) is 9.56 Å². The van der Waals surface area contributed by atoms with Gasteiger partial charge in [-0.2, -0.15) is 15.1 Å². The Balaban J connectivity index is 1.34. The topological polar surface area (TPSA) is 73.8 Å². The van der Waals surface area contributed by atoms with Gasteiger partial charge in [-0.25, -0.2) is 4.39 Å². The number of fused-ring (bicyclic) bond motifs is 2. The number of aromatic nitrogens is 1. The van der Waals surface area contributed by atoms with Gasteiger partial charge in [0.2, 0.25) is 5.17 Å². The number of amidine groups is 2. The van der Waals surface area contributed by atoms with Crippen LogP contribution < -0.4 is 0 Å². The van der Waals surface area contributed by atoms with Crippen LogP contribution in [0.2, 0.25) is 0 Å². The van der Waals surface area contributed by atoms with Gasteiger partial charge < -0.3 is 4.57 Å². The molecule has 176 valence electrons. The molecular weight excluding hydrogens is 461 g/mol. The first-order valence-electron chi connectivity index (χ1n) is 11.9. The van der Waals surface area contributed by atoms with Crippen molar-refractivity contribution in [3.63, 3.8) is 0 Å². The molecule has 1 amide bonds. The van der Waals surface area contributed by atoms with Crippen LogP contribution in [-0.2, 0) is 11.3 Å². The van der Waals surface area contributed by atoms with Crippen LogP contribution in [0.25, 0.3) is 17.0 Å². The maximum atomic E-state index is 13.3. The predicted octanol–water partition coefficient (Wildman–Crippen LogP) is 6.03. The summed E-state index contributed by atoms with van der Waals surface area (Å²) in [5.74, 6) is -0.222. The lowest BCUT2D eigenvalue weighted by Gasteiger charge is -2.20. The predicted molar refractivity (Wildman–Crippen MR) is 139 cm³/mol. The molecule has 6 rings (SSSR count). The lowest BCUT2D eigenvalue weighted by atomic mass is 9.90. The second-order valence-electron chi connectivity index (χ2n) is 9.15. The van der Waals surface area contributed by atoms with Crippen molar-refractivity contribution in [1.29, 1.82) is 5.41 Å². The van der Waals surface area contributed by atoms with Crippen molar-refractivity contribution in [2.45, 2.75) is 38.6 Å². The smallest absolute Gasteiger partial charge is 0.283 e. The summed E-state index contributed by atoms with van der Waals surface area (Å²) in [7, 11) is 0. The molecule has 3 heterocycles. The Labute approximate surface area is 206 Å². The fourth-order valence-corrected chi connectivity index (χ4v) is 6.04. The van der Waals surface area contributed by atoms with E-state index in [1.54, 1.807) is 18.2 Å². The molecule has 1 N–H and O–H groups in total. The van der Waals surface area contributed by atoms with Crippen LogP contribution in [0.4, 0.5) is 4.39 Å². The molecule has 0 saturated heterocycles. The Morgan fingerprint density at radius 2 is 1.86 bits per heavy atom. The third-order valence-electron chi connectivity index (χ3n) is 6.81. The lowest BCUT2D eigenvalue weighted by molar-refractivity contribution is -0.114. The minimum absolute atomic E-state index is 0.0636. The third-order valence-corrected chi connectivity index (χ3v) is 7.88. The molecule has 1 aliphatic carbocycles. The normalized spacial score (nSPS) is 19.9. The lowest BCUT2D eigenvalue weighted by Crippen LogP contribution is -2.35. The van der Waals surface area contributed by atoms with E-state index < -0.39 is 5.91 Å². The summed E-state index contributed by atoms with van der Waals surface area (Å²) >= 11 is 1.43. The summed E-state index contributed by atoms with van der Waals surface area (Å²) < 4.78 is 15.4. The second kappa shape index (κ2) is 8.92. The monoisotopic (exact) mass is 485 g/mol. The SMILES string of the molecule is N=C1C(=Cc2cn(Cc3ccc(F)cc3)c3ccccc23)C(=O)N=C2SC(C3CCCCC3)=NN12. The van der Waals surface area contributed by atoms with Crippen molar-refractivity contribution >= 4 is 50.7 Å². The Kier molecular flexibility index (Phi) is 5.60. The zero-order valence-electron chi connectivity index (χ0n) is 19.1. The summed E-state index contributed by atoms with van der Waals surface area (Å²) in [6.07, 6.45) is 9.56. The number of aliphatic imine (C=N–C) groups is 1. The van der Waals surface area contributed by atoms with Crippen molar-refractivity contribution in [3.05, 3.63) is 77.2 Å². The molecule has 2 aromatic carbocycles. The molecular formula is C27H24FN5OS. The maximum Gasteiger partial charge on any atom is 0.283 e. The summed E-state index contributed by atoms with van der Waals surface area (Å²) in [4.78, 5) is 17.3. The highest BCUT2D eigenvalue weighted by molar-refractivity contribution is 8.27. The molecule has 0 atom stereocenters. The number of carbonyl (C=O) groups is 1. The van der Waals surface area contributed by atoms with Crippen LogP contribution in [0.15, 0.2) is 70.4 Å². The average molecular weight is 486 g/mol. The van der Waals surface area contributed by atoms with Crippen LogP contribution in [0.5, 0.6) is 0 Å². The molecule has 0 unspecified atom stereocenters. The first-order chi connectivity index (χ1) is 17.1. The van der Waals surface area contributed by atoms with E-state index in [1.807, 2.05) is 30.5 Å². The first-order valence-corrected chi connectivity index (χ1v) is 12.7. The maximum absolute atomic E-state index is 13.3. The summed E-state index contributed by atoms with van der Waals surface area (Å²) in [6, 6.07) is 14.4. The highest BCUT2D eigenvalue weighted by Gasteiger charge is 2.38.